The second-order valence-electron chi connectivity index (χ2n) is 10.5. The smallest absolute Gasteiger partial charge is 0.135 e. The van der Waals surface area contributed by atoms with E-state index in [2.05, 4.69) is 60.7 Å². The summed E-state index contributed by atoms with van der Waals surface area (Å²) in [7, 11) is 0. The normalized spacial score (nSPS) is 14.2. The topological polar surface area (TPSA) is 47.6 Å². The van der Waals surface area contributed by atoms with Crippen molar-refractivity contribution in [3.63, 3.8) is 0 Å². The van der Waals surface area contributed by atoms with Crippen molar-refractivity contribution in [2.75, 3.05) is 13.2 Å². The van der Waals surface area contributed by atoms with Crippen LogP contribution in [0.5, 0.6) is 0 Å². The Morgan fingerprint density at radius 1 is 0.885 bits per heavy atom. The third-order valence-corrected chi connectivity index (χ3v) is 4.85. The molecule has 0 aliphatic carbocycles. The van der Waals surface area contributed by atoms with Crippen molar-refractivity contribution in [1.82, 2.24) is 5.32 Å². The third-order valence-electron chi connectivity index (χ3n) is 4.85. The summed E-state index contributed by atoms with van der Waals surface area (Å²) >= 11 is 0. The van der Waals surface area contributed by atoms with E-state index in [1.165, 1.54) is 0 Å². The molecule has 0 heterocycles. The van der Waals surface area contributed by atoms with E-state index in [1.807, 2.05) is 13.8 Å². The number of Topliss-reactive ketones (excluding diaryl/α,β-unsaturated/α-hetero) is 1. The molecule has 0 aliphatic rings. The fraction of sp³-hybridized carbons (Fsp3) is 0.955. The van der Waals surface area contributed by atoms with E-state index in [1.54, 1.807) is 6.92 Å². The molecule has 0 rings (SSSR count). The lowest BCUT2D eigenvalue weighted by Gasteiger charge is -2.40. The molecule has 0 aliphatic heterocycles. The lowest BCUT2D eigenvalue weighted by molar-refractivity contribution is -0.157. The maximum Gasteiger partial charge on any atom is 0.135 e. The number of ketones is 1. The second kappa shape index (κ2) is 9.66. The van der Waals surface area contributed by atoms with Gasteiger partial charge in [0.2, 0.25) is 0 Å². The number of ether oxygens (including phenoxy) is 2. The van der Waals surface area contributed by atoms with Crippen LogP contribution in [-0.2, 0) is 14.3 Å². The Kier molecular flexibility index (Phi) is 9.49. The summed E-state index contributed by atoms with van der Waals surface area (Å²) in [5, 5.41) is 3.44. The van der Waals surface area contributed by atoms with Crippen molar-refractivity contribution in [1.29, 1.82) is 0 Å². The maximum atomic E-state index is 11.8. The van der Waals surface area contributed by atoms with Gasteiger partial charge in [-0.25, -0.2) is 0 Å². The molecule has 4 nitrogen and oxygen atoms in total. The van der Waals surface area contributed by atoms with E-state index < -0.39 is 0 Å². The Morgan fingerprint density at radius 2 is 1.42 bits per heavy atom. The lowest BCUT2D eigenvalue weighted by Crippen LogP contribution is -2.42. The first-order valence-electron chi connectivity index (χ1n) is 10.1. The molecule has 0 aromatic rings. The molecule has 0 unspecified atom stereocenters. The molecule has 156 valence electrons. The minimum atomic E-state index is -0.374. The number of nitrogens with one attached hydrogen (secondary N) is 1. The molecular weight excluding hydrogens is 326 g/mol. The standard InChI is InChI=1S/C22H45NO3/c1-17(2)23-14-12-20(6,7)25-15-13-21(8,9)26-22(10,11)16-19(4,5)18(3)24/h17,23H,12-16H2,1-11H3. The van der Waals surface area contributed by atoms with Gasteiger partial charge in [0.15, 0.2) is 0 Å². The Bertz CT molecular complexity index is 437. The summed E-state index contributed by atoms with van der Waals surface area (Å²) in [6.07, 6.45) is 2.49. The predicted molar refractivity (Wildman–Crippen MR) is 111 cm³/mol. The van der Waals surface area contributed by atoms with Crippen LogP contribution >= 0.6 is 0 Å². The summed E-state index contributed by atoms with van der Waals surface area (Å²) in [6, 6.07) is 0.500. The van der Waals surface area contributed by atoms with Crippen LogP contribution < -0.4 is 5.32 Å². The van der Waals surface area contributed by atoms with Crippen LogP contribution in [0, 0.1) is 5.41 Å². The molecule has 0 atom stereocenters. The minimum absolute atomic E-state index is 0.149. The van der Waals surface area contributed by atoms with Gasteiger partial charge in [-0.2, -0.15) is 0 Å². The molecule has 0 bridgehead atoms. The largest absolute Gasteiger partial charge is 0.375 e. The van der Waals surface area contributed by atoms with E-state index >= 15 is 0 Å². The zero-order valence-corrected chi connectivity index (χ0v) is 19.3. The van der Waals surface area contributed by atoms with Gasteiger partial charge >= 0.3 is 0 Å². The lowest BCUT2D eigenvalue weighted by atomic mass is 9.78. The quantitative estimate of drug-likeness (QED) is 0.487. The summed E-state index contributed by atoms with van der Waals surface area (Å²) < 4.78 is 12.5. The zero-order valence-electron chi connectivity index (χ0n) is 19.3. The van der Waals surface area contributed by atoms with E-state index in [0.29, 0.717) is 19.1 Å². The van der Waals surface area contributed by atoms with Gasteiger partial charge in [0.1, 0.15) is 5.78 Å². The van der Waals surface area contributed by atoms with Gasteiger partial charge in [-0.3, -0.25) is 4.79 Å². The molecule has 0 fully saturated rings. The van der Waals surface area contributed by atoms with Crippen LogP contribution in [-0.4, -0.2) is 41.8 Å². The monoisotopic (exact) mass is 371 g/mol. The number of hydrogen-bond donors (Lipinski definition) is 1. The van der Waals surface area contributed by atoms with Crippen LogP contribution in [0.3, 0.4) is 0 Å². The van der Waals surface area contributed by atoms with Crippen molar-refractivity contribution in [3.05, 3.63) is 0 Å². The van der Waals surface area contributed by atoms with Gasteiger partial charge < -0.3 is 14.8 Å². The molecule has 4 heteroatoms. The van der Waals surface area contributed by atoms with Gasteiger partial charge in [0.25, 0.3) is 0 Å². The second-order valence-corrected chi connectivity index (χ2v) is 10.5. The molecule has 0 aromatic heterocycles. The van der Waals surface area contributed by atoms with Crippen molar-refractivity contribution < 1.29 is 14.3 Å². The van der Waals surface area contributed by atoms with E-state index in [-0.39, 0.29) is 28.0 Å². The molecule has 0 amide bonds. The van der Waals surface area contributed by atoms with Crippen LogP contribution in [0.1, 0.15) is 95.4 Å². The summed E-state index contributed by atoms with van der Waals surface area (Å²) in [4.78, 5) is 11.8. The van der Waals surface area contributed by atoms with Crippen molar-refractivity contribution in [2.45, 2.75) is 118 Å². The number of carbonyl (C=O) groups is 1. The van der Waals surface area contributed by atoms with E-state index in [4.69, 9.17) is 9.47 Å². The average molecular weight is 372 g/mol. The maximum absolute atomic E-state index is 11.8. The van der Waals surface area contributed by atoms with Crippen molar-refractivity contribution in [2.24, 2.45) is 5.41 Å². The van der Waals surface area contributed by atoms with Crippen LogP contribution in [0.2, 0.25) is 0 Å². The molecular formula is C22H45NO3. The SMILES string of the molecule is CC(=O)C(C)(C)CC(C)(C)OC(C)(C)CCOC(C)(C)CCNC(C)C. The van der Waals surface area contributed by atoms with Gasteiger partial charge in [0.05, 0.1) is 23.4 Å². The van der Waals surface area contributed by atoms with Gasteiger partial charge in [-0.1, -0.05) is 27.7 Å². The highest BCUT2D eigenvalue weighted by molar-refractivity contribution is 5.81. The van der Waals surface area contributed by atoms with E-state index in [0.717, 1.165) is 19.4 Å². The average Bonchev–Trinajstić information content (AvgIpc) is 2.33. The Balaban J connectivity index is 4.50. The van der Waals surface area contributed by atoms with Crippen LogP contribution in [0.15, 0.2) is 0 Å². The summed E-state index contributed by atoms with van der Waals surface area (Å²) in [6.45, 7) is 24.2. The number of hydrogen-bond acceptors (Lipinski definition) is 4. The number of rotatable bonds is 13. The Hall–Kier alpha value is -0.450. The van der Waals surface area contributed by atoms with Crippen molar-refractivity contribution >= 4 is 5.78 Å². The van der Waals surface area contributed by atoms with Gasteiger partial charge in [-0.15, -0.1) is 0 Å². The molecule has 0 saturated carbocycles. The third kappa shape index (κ3) is 11.3. The molecule has 0 spiro atoms. The fourth-order valence-corrected chi connectivity index (χ4v) is 3.33. The zero-order chi connectivity index (χ0) is 20.8. The highest BCUT2D eigenvalue weighted by atomic mass is 16.5. The molecule has 0 aromatic carbocycles. The Labute approximate surface area is 162 Å². The van der Waals surface area contributed by atoms with E-state index in [9.17, 15) is 4.79 Å². The summed E-state index contributed by atoms with van der Waals surface area (Å²) in [5.41, 5.74) is -1.19. The highest BCUT2D eigenvalue weighted by Crippen LogP contribution is 2.34. The molecule has 1 N–H and O–H groups in total. The Morgan fingerprint density at radius 3 is 1.88 bits per heavy atom. The first-order chi connectivity index (χ1) is 11.5. The summed E-state index contributed by atoms with van der Waals surface area (Å²) in [5.74, 6) is 0.201. The molecule has 26 heavy (non-hydrogen) atoms. The fourth-order valence-electron chi connectivity index (χ4n) is 3.33. The minimum Gasteiger partial charge on any atom is -0.375 e. The molecule has 0 saturated heterocycles. The van der Waals surface area contributed by atoms with Gasteiger partial charge in [0, 0.05) is 11.5 Å². The first-order valence-corrected chi connectivity index (χ1v) is 10.1. The predicted octanol–water partition coefficient (Wildman–Crippen LogP) is 5.14. The van der Waals surface area contributed by atoms with Crippen LogP contribution in [0.4, 0.5) is 0 Å². The first kappa shape index (κ1) is 25.6. The van der Waals surface area contributed by atoms with Crippen LogP contribution in [0.25, 0.3) is 0 Å². The molecule has 0 radical (unpaired) electrons. The van der Waals surface area contributed by atoms with Gasteiger partial charge in [-0.05, 0) is 74.3 Å². The highest BCUT2D eigenvalue weighted by Gasteiger charge is 2.36. The van der Waals surface area contributed by atoms with Crippen molar-refractivity contribution in [3.8, 4) is 0 Å². The number of carbonyl (C=O) groups excluding carboxylic acids is 1.